The van der Waals surface area contributed by atoms with Crippen LogP contribution in [0.1, 0.15) is 5.56 Å². The second-order valence-electron chi connectivity index (χ2n) is 3.54. The maximum Gasteiger partial charge on any atom is 0.354 e. The molecule has 4 nitrogen and oxygen atoms in total. The summed E-state index contributed by atoms with van der Waals surface area (Å²) in [6.45, 7) is 3.80. The summed E-state index contributed by atoms with van der Waals surface area (Å²) in [4.78, 5) is 24.3. The van der Waals surface area contributed by atoms with Crippen molar-refractivity contribution in [2.45, 2.75) is 6.54 Å². The summed E-state index contributed by atoms with van der Waals surface area (Å²) in [5, 5.41) is 0. The minimum absolute atomic E-state index is 0.0213. The van der Waals surface area contributed by atoms with Gasteiger partial charge in [-0.15, -0.1) is 11.6 Å². The van der Waals surface area contributed by atoms with Gasteiger partial charge >= 0.3 is 5.97 Å². The molecule has 1 amide bonds. The number of alkyl halides is 1. The first kappa shape index (κ1) is 14.3. The average molecular weight is 268 g/mol. The first-order valence-electron chi connectivity index (χ1n) is 5.27. The van der Waals surface area contributed by atoms with Gasteiger partial charge in [0, 0.05) is 0 Å². The van der Waals surface area contributed by atoms with Crippen molar-refractivity contribution in [2.24, 2.45) is 0 Å². The first-order chi connectivity index (χ1) is 8.60. The fourth-order valence-electron chi connectivity index (χ4n) is 1.40. The molecule has 0 aliphatic carbocycles. The smallest absolute Gasteiger partial charge is 0.354 e. The molecule has 0 radical (unpaired) electrons. The van der Waals surface area contributed by atoms with E-state index < -0.39 is 11.9 Å². The summed E-state index contributed by atoms with van der Waals surface area (Å²) in [6.07, 6.45) is 0. The molecule has 0 bridgehead atoms. The van der Waals surface area contributed by atoms with Gasteiger partial charge in [-0.05, 0) is 5.56 Å². The zero-order valence-corrected chi connectivity index (χ0v) is 10.8. The lowest BCUT2D eigenvalue weighted by atomic mass is 10.2. The highest BCUT2D eigenvalue weighted by atomic mass is 35.5. The highest BCUT2D eigenvalue weighted by Crippen LogP contribution is 2.12. The third kappa shape index (κ3) is 3.60. The van der Waals surface area contributed by atoms with Crippen LogP contribution >= 0.6 is 11.6 Å². The van der Waals surface area contributed by atoms with Crippen LogP contribution in [-0.4, -0.2) is 29.8 Å². The molecule has 5 heteroatoms. The van der Waals surface area contributed by atoms with Crippen molar-refractivity contribution < 1.29 is 14.3 Å². The van der Waals surface area contributed by atoms with Gasteiger partial charge in [-0.25, -0.2) is 4.79 Å². The number of ether oxygens (including phenoxy) is 1. The van der Waals surface area contributed by atoms with Crippen molar-refractivity contribution in [3.8, 4) is 0 Å². The SMILES string of the molecule is C=C(C(=O)OC)N(Cc1ccccc1)C(=O)CCl. The lowest BCUT2D eigenvalue weighted by Gasteiger charge is -2.22. The Bertz CT molecular complexity index is 445. The summed E-state index contributed by atoms with van der Waals surface area (Å²) in [5.74, 6) is -1.26. The van der Waals surface area contributed by atoms with Crippen LogP contribution in [-0.2, 0) is 20.9 Å². The normalized spacial score (nSPS) is 9.67. The van der Waals surface area contributed by atoms with E-state index in [1.54, 1.807) is 0 Å². The second kappa shape index (κ2) is 6.81. The van der Waals surface area contributed by atoms with E-state index in [-0.39, 0.29) is 18.1 Å². The molecule has 18 heavy (non-hydrogen) atoms. The van der Waals surface area contributed by atoms with E-state index in [2.05, 4.69) is 11.3 Å². The molecule has 1 aromatic carbocycles. The Kier molecular flexibility index (Phi) is 5.39. The average Bonchev–Trinajstić information content (AvgIpc) is 2.43. The molecule has 0 spiro atoms. The summed E-state index contributed by atoms with van der Waals surface area (Å²) >= 11 is 5.52. The fraction of sp³-hybridized carbons (Fsp3) is 0.231. The number of carbonyl (C=O) groups is 2. The molecule has 0 aliphatic heterocycles. The van der Waals surface area contributed by atoms with Gasteiger partial charge in [0.15, 0.2) is 0 Å². The van der Waals surface area contributed by atoms with Crippen LogP contribution < -0.4 is 0 Å². The number of hydrogen-bond acceptors (Lipinski definition) is 3. The van der Waals surface area contributed by atoms with Crippen LogP contribution in [0.5, 0.6) is 0 Å². The van der Waals surface area contributed by atoms with E-state index in [1.165, 1.54) is 12.0 Å². The summed E-state index contributed by atoms with van der Waals surface area (Å²) in [7, 11) is 1.24. The zero-order chi connectivity index (χ0) is 13.5. The molecule has 0 unspecified atom stereocenters. The monoisotopic (exact) mass is 267 g/mol. The van der Waals surface area contributed by atoms with Gasteiger partial charge in [-0.2, -0.15) is 0 Å². The van der Waals surface area contributed by atoms with Crippen LogP contribution in [0.25, 0.3) is 0 Å². The quantitative estimate of drug-likeness (QED) is 0.465. The van der Waals surface area contributed by atoms with Gasteiger partial charge in [0.2, 0.25) is 5.91 Å². The number of carbonyl (C=O) groups excluding carboxylic acids is 2. The number of hydrogen-bond donors (Lipinski definition) is 0. The van der Waals surface area contributed by atoms with Crippen LogP contribution in [0.2, 0.25) is 0 Å². The van der Waals surface area contributed by atoms with E-state index in [0.717, 1.165) is 5.56 Å². The predicted molar refractivity (Wildman–Crippen MR) is 68.9 cm³/mol. The van der Waals surface area contributed by atoms with E-state index >= 15 is 0 Å². The molecule has 0 aromatic heterocycles. The highest BCUT2D eigenvalue weighted by molar-refractivity contribution is 6.27. The van der Waals surface area contributed by atoms with Gasteiger partial charge < -0.3 is 9.64 Å². The Morgan fingerprint density at radius 2 is 1.94 bits per heavy atom. The first-order valence-corrected chi connectivity index (χ1v) is 5.81. The van der Waals surface area contributed by atoms with Crippen molar-refractivity contribution in [3.05, 3.63) is 48.2 Å². The summed E-state index contributed by atoms with van der Waals surface area (Å²) in [5.41, 5.74) is 0.855. The number of nitrogens with zero attached hydrogens (tertiary/aromatic N) is 1. The molecule has 0 heterocycles. The van der Waals surface area contributed by atoms with Crippen LogP contribution in [0, 0.1) is 0 Å². The summed E-state index contributed by atoms with van der Waals surface area (Å²) < 4.78 is 4.55. The van der Waals surface area contributed by atoms with Gasteiger partial charge in [-0.1, -0.05) is 36.9 Å². The molecule has 0 fully saturated rings. The molecular formula is C13H14ClNO3. The molecule has 1 rings (SSSR count). The Balaban J connectivity index is 2.89. The van der Waals surface area contributed by atoms with Crippen molar-refractivity contribution >= 4 is 23.5 Å². The third-order valence-electron chi connectivity index (χ3n) is 2.35. The van der Waals surface area contributed by atoms with E-state index in [4.69, 9.17) is 11.6 Å². The number of methoxy groups -OCH3 is 1. The maximum atomic E-state index is 11.7. The van der Waals surface area contributed by atoms with Crippen molar-refractivity contribution in [2.75, 3.05) is 13.0 Å². The van der Waals surface area contributed by atoms with Gasteiger partial charge in [-0.3, -0.25) is 4.79 Å². The molecule has 1 aromatic rings. The van der Waals surface area contributed by atoms with Crippen LogP contribution in [0.15, 0.2) is 42.6 Å². The lowest BCUT2D eigenvalue weighted by Crippen LogP contribution is -2.34. The van der Waals surface area contributed by atoms with Crippen LogP contribution in [0.4, 0.5) is 0 Å². The Hall–Kier alpha value is -1.81. The molecule has 0 N–H and O–H groups in total. The Morgan fingerprint density at radius 3 is 2.44 bits per heavy atom. The minimum Gasteiger partial charge on any atom is -0.464 e. The van der Waals surface area contributed by atoms with Crippen LogP contribution in [0.3, 0.4) is 0 Å². The van der Waals surface area contributed by atoms with E-state index in [1.807, 2.05) is 30.3 Å². The number of halogens is 1. The number of benzene rings is 1. The maximum absolute atomic E-state index is 11.7. The molecule has 0 aliphatic rings. The van der Waals surface area contributed by atoms with Gasteiger partial charge in [0.25, 0.3) is 0 Å². The van der Waals surface area contributed by atoms with Crippen molar-refractivity contribution in [3.63, 3.8) is 0 Å². The topological polar surface area (TPSA) is 46.6 Å². The Morgan fingerprint density at radius 1 is 1.33 bits per heavy atom. The second-order valence-corrected chi connectivity index (χ2v) is 3.80. The number of esters is 1. The number of rotatable bonds is 5. The molecule has 0 saturated carbocycles. The van der Waals surface area contributed by atoms with Gasteiger partial charge in [0.05, 0.1) is 13.7 Å². The van der Waals surface area contributed by atoms with Crippen molar-refractivity contribution in [1.29, 1.82) is 0 Å². The largest absolute Gasteiger partial charge is 0.464 e. The van der Waals surface area contributed by atoms with Crippen molar-refractivity contribution in [1.82, 2.24) is 4.90 Å². The number of amides is 1. The third-order valence-corrected chi connectivity index (χ3v) is 2.57. The van der Waals surface area contributed by atoms with E-state index in [9.17, 15) is 9.59 Å². The molecule has 0 saturated heterocycles. The summed E-state index contributed by atoms with van der Waals surface area (Å²) in [6, 6.07) is 9.25. The predicted octanol–water partition coefficient (Wildman–Crippen LogP) is 1.94. The highest BCUT2D eigenvalue weighted by Gasteiger charge is 2.21. The van der Waals surface area contributed by atoms with E-state index in [0.29, 0.717) is 0 Å². The zero-order valence-electron chi connectivity index (χ0n) is 10.1. The lowest BCUT2D eigenvalue weighted by molar-refractivity contribution is -0.141. The fourth-order valence-corrected chi connectivity index (χ4v) is 1.54. The molecule has 96 valence electrons. The van der Waals surface area contributed by atoms with Gasteiger partial charge in [0.1, 0.15) is 11.6 Å². The molecule has 0 atom stereocenters. The standard InChI is InChI=1S/C13H14ClNO3/c1-10(13(17)18-2)15(12(16)8-14)9-11-6-4-3-5-7-11/h3-7H,1,8-9H2,2H3. The minimum atomic E-state index is -0.649. The Labute approximate surface area is 111 Å². The molecular weight excluding hydrogens is 254 g/mol.